The lowest BCUT2D eigenvalue weighted by Gasteiger charge is -2.23. The second-order valence-electron chi connectivity index (χ2n) is 9.93. The molecule has 0 radical (unpaired) electrons. The van der Waals surface area contributed by atoms with Gasteiger partial charge in [-0.05, 0) is 37.0 Å². The molecule has 2 aromatic heterocycles. The molecule has 6 rings (SSSR count). The van der Waals surface area contributed by atoms with Crippen LogP contribution in [-0.4, -0.2) is 52.3 Å². The molecule has 1 saturated carbocycles. The van der Waals surface area contributed by atoms with Crippen molar-refractivity contribution < 1.29 is 30.4 Å². The van der Waals surface area contributed by atoms with Gasteiger partial charge >= 0.3 is 6.18 Å². The number of alkyl halides is 5. The summed E-state index contributed by atoms with van der Waals surface area (Å²) in [6.07, 6.45) is -2.93. The van der Waals surface area contributed by atoms with Crippen LogP contribution in [0.1, 0.15) is 49.1 Å². The Kier molecular flexibility index (Phi) is 6.06. The summed E-state index contributed by atoms with van der Waals surface area (Å²) in [7, 11) is -4.28. The van der Waals surface area contributed by atoms with Crippen LogP contribution in [0, 0.1) is 6.57 Å². The van der Waals surface area contributed by atoms with Crippen LogP contribution < -0.4 is 10.0 Å². The zero-order chi connectivity index (χ0) is 27.7. The van der Waals surface area contributed by atoms with E-state index in [1.165, 1.54) is 6.07 Å². The molecule has 2 bridgehead atoms. The molecule has 3 aromatic rings. The van der Waals surface area contributed by atoms with E-state index < -0.39 is 39.8 Å². The summed E-state index contributed by atoms with van der Waals surface area (Å²) >= 11 is 0.471. The molecule has 1 aliphatic carbocycles. The van der Waals surface area contributed by atoms with Crippen LogP contribution in [0.5, 0.6) is 0 Å². The standard InChI is InChI=1S/C23H20F5N7O2S2/c1-29-22(4-5-22)34-39(36,37)14-8-15(11-6-12-2-3-13(7-11)30-12)18-16(9-14)17(33-35(18)10-23(26,27)28)20-31-32-21(38-20)19(24)25/h6,8-9,12-13,19,30,34H,2-5,7,10H2. The molecule has 2 unspecified atom stereocenters. The van der Waals surface area contributed by atoms with Crippen LogP contribution in [-0.2, 0) is 16.6 Å². The number of rotatable bonds is 7. The van der Waals surface area contributed by atoms with Crippen molar-refractivity contribution in [2.75, 3.05) is 0 Å². The van der Waals surface area contributed by atoms with Crippen molar-refractivity contribution >= 4 is 37.8 Å². The van der Waals surface area contributed by atoms with E-state index in [2.05, 4.69) is 30.2 Å². The quantitative estimate of drug-likeness (QED) is 0.309. The lowest BCUT2D eigenvalue weighted by atomic mass is 9.94. The summed E-state index contributed by atoms with van der Waals surface area (Å²) in [5, 5.41) is 13.9. The Hall–Kier alpha value is -3.00. The molecule has 2 N–H and O–H groups in total. The summed E-state index contributed by atoms with van der Waals surface area (Å²) in [6, 6.07) is 2.54. The van der Waals surface area contributed by atoms with E-state index in [9.17, 15) is 30.4 Å². The summed E-state index contributed by atoms with van der Waals surface area (Å²) in [6.45, 7) is 5.87. The molecular formula is C23H20F5N7O2S2. The molecule has 1 aromatic carbocycles. The topological polar surface area (TPSA) is 106 Å². The van der Waals surface area contributed by atoms with E-state index in [0.717, 1.165) is 23.6 Å². The van der Waals surface area contributed by atoms with E-state index in [1.54, 1.807) is 0 Å². The van der Waals surface area contributed by atoms with Crippen molar-refractivity contribution in [2.24, 2.45) is 0 Å². The van der Waals surface area contributed by atoms with Gasteiger partial charge in [0.2, 0.25) is 10.0 Å². The summed E-state index contributed by atoms with van der Waals surface area (Å²) in [4.78, 5) is 3.12. The van der Waals surface area contributed by atoms with Gasteiger partial charge in [-0.3, -0.25) is 9.53 Å². The number of benzene rings is 1. The number of halogens is 5. The number of sulfonamides is 1. The first-order valence-corrected chi connectivity index (χ1v) is 14.3. The van der Waals surface area contributed by atoms with Crippen molar-refractivity contribution in [3.8, 4) is 10.7 Å². The van der Waals surface area contributed by atoms with Gasteiger partial charge in [0.05, 0.1) is 23.3 Å². The molecule has 4 heterocycles. The number of fused-ring (bicyclic) bond motifs is 3. The maximum absolute atomic E-state index is 13.7. The molecular weight excluding hydrogens is 565 g/mol. The number of hydrogen-bond donors (Lipinski definition) is 2. The molecule has 2 aliphatic heterocycles. The molecule has 0 spiro atoms. The minimum atomic E-state index is -4.68. The smallest absolute Gasteiger partial charge is 0.307 e. The second kappa shape index (κ2) is 9.01. The maximum atomic E-state index is 13.7. The third kappa shape index (κ3) is 4.92. The van der Waals surface area contributed by atoms with Gasteiger partial charge in [0.25, 0.3) is 12.1 Å². The Morgan fingerprint density at radius 1 is 1.26 bits per heavy atom. The lowest BCUT2D eigenvalue weighted by Crippen LogP contribution is -2.34. The molecule has 2 fully saturated rings. The summed E-state index contributed by atoms with van der Waals surface area (Å²) < 4.78 is 97.4. The fourth-order valence-electron chi connectivity index (χ4n) is 5.13. The second-order valence-corrected chi connectivity index (χ2v) is 12.6. The lowest BCUT2D eigenvalue weighted by molar-refractivity contribution is -0.141. The fraction of sp³-hybridized carbons (Fsp3) is 0.478. The Bertz CT molecular complexity index is 1650. The average molecular weight is 586 g/mol. The highest BCUT2D eigenvalue weighted by atomic mass is 32.2. The third-order valence-electron chi connectivity index (χ3n) is 7.04. The van der Waals surface area contributed by atoms with E-state index in [-0.39, 0.29) is 44.1 Å². The van der Waals surface area contributed by atoms with Crippen LogP contribution in [0.3, 0.4) is 0 Å². The van der Waals surface area contributed by atoms with Crippen LogP contribution in [0.4, 0.5) is 22.0 Å². The normalized spacial score (nSPS) is 22.3. The van der Waals surface area contributed by atoms with Crippen molar-refractivity contribution in [2.45, 2.75) is 73.9 Å². The summed E-state index contributed by atoms with van der Waals surface area (Å²) in [5.41, 5.74) is -0.499. The third-order valence-corrected chi connectivity index (χ3v) is 9.48. The molecule has 16 heteroatoms. The van der Waals surface area contributed by atoms with E-state index >= 15 is 0 Å². The minimum Gasteiger partial charge on any atom is -0.307 e. The number of nitrogens with zero attached hydrogens (tertiary/aromatic N) is 5. The Morgan fingerprint density at radius 3 is 2.64 bits per heavy atom. The molecule has 3 aliphatic rings. The Morgan fingerprint density at radius 2 is 2.03 bits per heavy atom. The average Bonchev–Trinajstić information content (AvgIpc) is 3.16. The van der Waals surface area contributed by atoms with Crippen LogP contribution in [0.2, 0.25) is 0 Å². The summed E-state index contributed by atoms with van der Waals surface area (Å²) in [5.74, 6) is 0. The monoisotopic (exact) mass is 585 g/mol. The van der Waals surface area contributed by atoms with E-state index in [1.807, 2.05) is 6.08 Å². The highest BCUT2D eigenvalue weighted by molar-refractivity contribution is 7.89. The number of hydrogen-bond acceptors (Lipinski definition) is 7. The molecule has 39 heavy (non-hydrogen) atoms. The van der Waals surface area contributed by atoms with Gasteiger partial charge in [0.15, 0.2) is 10.0 Å². The molecule has 2 atom stereocenters. The highest BCUT2D eigenvalue weighted by Gasteiger charge is 2.54. The fourth-order valence-corrected chi connectivity index (χ4v) is 7.25. The van der Waals surface area contributed by atoms with E-state index in [0.29, 0.717) is 36.2 Å². The Labute approximate surface area is 223 Å². The van der Waals surface area contributed by atoms with Gasteiger partial charge in [-0.2, -0.15) is 18.3 Å². The van der Waals surface area contributed by atoms with E-state index in [4.69, 9.17) is 6.57 Å². The van der Waals surface area contributed by atoms with Crippen LogP contribution >= 0.6 is 11.3 Å². The van der Waals surface area contributed by atoms with Crippen molar-refractivity contribution in [3.63, 3.8) is 0 Å². The van der Waals surface area contributed by atoms with Gasteiger partial charge in [0.1, 0.15) is 12.2 Å². The predicted octanol–water partition coefficient (Wildman–Crippen LogP) is 4.65. The maximum Gasteiger partial charge on any atom is 0.408 e. The first kappa shape index (κ1) is 26.2. The zero-order valence-electron chi connectivity index (χ0n) is 20.0. The van der Waals surface area contributed by atoms with Crippen molar-refractivity contribution in [1.82, 2.24) is 30.0 Å². The molecule has 206 valence electrons. The van der Waals surface area contributed by atoms with Gasteiger partial charge in [-0.15, -0.1) is 14.9 Å². The number of aromatic nitrogens is 4. The highest BCUT2D eigenvalue weighted by Crippen LogP contribution is 2.43. The van der Waals surface area contributed by atoms with Crippen LogP contribution in [0.15, 0.2) is 23.1 Å². The van der Waals surface area contributed by atoms with Gasteiger partial charge in [0, 0.05) is 23.0 Å². The number of nitrogens with one attached hydrogen (secondary N) is 2. The minimum absolute atomic E-state index is 0.00790. The Balaban J connectivity index is 1.61. The van der Waals surface area contributed by atoms with Crippen LogP contribution in [0.25, 0.3) is 32.0 Å². The SMILES string of the molecule is [C-]#[N+]C1(NS(=O)(=O)c2cc(C3=CC4CCC(C3)N4)c3c(c2)c(-c2nnc(C(F)F)s2)nn3CC(F)(F)F)CC1. The first-order valence-electron chi connectivity index (χ1n) is 12.0. The van der Waals surface area contributed by atoms with Gasteiger partial charge < -0.3 is 5.32 Å². The predicted molar refractivity (Wildman–Crippen MR) is 131 cm³/mol. The largest absolute Gasteiger partial charge is 0.408 e. The zero-order valence-corrected chi connectivity index (χ0v) is 21.6. The van der Waals surface area contributed by atoms with Gasteiger partial charge in [-0.1, -0.05) is 17.4 Å². The molecule has 9 nitrogen and oxygen atoms in total. The first-order chi connectivity index (χ1) is 18.4. The van der Waals surface area contributed by atoms with Crippen molar-refractivity contribution in [3.05, 3.63) is 40.2 Å². The molecule has 1 saturated heterocycles. The van der Waals surface area contributed by atoms with Crippen molar-refractivity contribution in [1.29, 1.82) is 0 Å². The van der Waals surface area contributed by atoms with Gasteiger partial charge in [-0.25, -0.2) is 23.8 Å². The molecule has 0 amide bonds.